The van der Waals surface area contributed by atoms with Crippen molar-refractivity contribution < 1.29 is 9.90 Å². The molecule has 0 amide bonds. The number of aliphatic carboxylic acids is 1. The fraction of sp³-hybridized carbons (Fsp3) is 0.900. The van der Waals surface area contributed by atoms with E-state index >= 15 is 0 Å². The van der Waals surface area contributed by atoms with Crippen LogP contribution in [-0.2, 0) is 4.79 Å². The first-order valence-electron chi connectivity index (χ1n) is 5.23. The van der Waals surface area contributed by atoms with Gasteiger partial charge in [-0.3, -0.25) is 0 Å². The van der Waals surface area contributed by atoms with E-state index in [0.717, 1.165) is 18.8 Å². The molecule has 0 aromatic carbocycles. The number of hydrogen-bond acceptors (Lipinski definition) is 3. The van der Waals surface area contributed by atoms with E-state index in [0.29, 0.717) is 5.41 Å². The molecule has 0 radical (unpaired) electrons. The summed E-state index contributed by atoms with van der Waals surface area (Å²) in [7, 11) is 0. The predicted molar refractivity (Wildman–Crippen MR) is 49.0 cm³/mol. The molecule has 5 atom stereocenters. The lowest BCUT2D eigenvalue weighted by atomic mass is 9.77. The zero-order chi connectivity index (χ0) is 9.92. The van der Waals surface area contributed by atoms with Gasteiger partial charge in [0.05, 0.1) is 6.04 Å². The Morgan fingerprint density at radius 3 is 2.93 bits per heavy atom. The zero-order valence-corrected chi connectivity index (χ0v) is 8.18. The second-order valence-electron chi connectivity index (χ2n) is 5.24. The Kier molecular flexibility index (Phi) is 1.41. The van der Waals surface area contributed by atoms with Crippen LogP contribution in [0.25, 0.3) is 0 Å². The molecular weight excluding hydrogens is 180 g/mol. The summed E-state index contributed by atoms with van der Waals surface area (Å²) < 4.78 is 0. The third-order valence-electron chi connectivity index (χ3n) is 4.26. The molecule has 1 heterocycles. The Morgan fingerprint density at radius 2 is 2.21 bits per heavy atom. The summed E-state index contributed by atoms with van der Waals surface area (Å²) >= 11 is 0. The van der Waals surface area contributed by atoms with Crippen molar-refractivity contribution in [3.63, 3.8) is 0 Å². The van der Waals surface area contributed by atoms with Crippen LogP contribution in [0.2, 0.25) is 0 Å². The minimum Gasteiger partial charge on any atom is -0.480 e. The molecule has 1 aliphatic heterocycles. The fourth-order valence-corrected chi connectivity index (χ4v) is 3.18. The molecule has 0 spiro atoms. The first kappa shape index (κ1) is 8.38. The van der Waals surface area contributed by atoms with Gasteiger partial charge in [0.1, 0.15) is 0 Å². The highest BCUT2D eigenvalue weighted by molar-refractivity contribution is 5.74. The molecule has 14 heavy (non-hydrogen) atoms. The van der Waals surface area contributed by atoms with E-state index in [4.69, 9.17) is 5.11 Å². The molecule has 0 aromatic heterocycles. The molecule has 4 nitrogen and oxygen atoms in total. The van der Waals surface area contributed by atoms with Crippen LogP contribution in [-0.4, -0.2) is 23.2 Å². The van der Waals surface area contributed by atoms with Crippen LogP contribution < -0.4 is 0 Å². The van der Waals surface area contributed by atoms with Crippen LogP contribution >= 0.6 is 0 Å². The van der Waals surface area contributed by atoms with Crippen molar-refractivity contribution in [1.82, 2.24) is 0 Å². The van der Waals surface area contributed by atoms with E-state index in [1.54, 1.807) is 0 Å². The molecule has 4 heteroatoms. The SMILES string of the molecule is C[C@]12CC3N=NC(C(=O)O)C3C[C@H]1C2. The third-order valence-corrected chi connectivity index (χ3v) is 4.26. The van der Waals surface area contributed by atoms with Crippen molar-refractivity contribution in [3.8, 4) is 0 Å². The van der Waals surface area contributed by atoms with Crippen molar-refractivity contribution in [2.75, 3.05) is 0 Å². The smallest absolute Gasteiger partial charge is 0.330 e. The maximum atomic E-state index is 10.9. The summed E-state index contributed by atoms with van der Waals surface area (Å²) in [5.41, 5.74) is 0.466. The molecule has 0 aromatic rings. The Balaban J connectivity index is 1.82. The average molecular weight is 194 g/mol. The van der Waals surface area contributed by atoms with E-state index in [-0.39, 0.29) is 12.0 Å². The van der Waals surface area contributed by atoms with Gasteiger partial charge in [0.2, 0.25) is 0 Å². The van der Waals surface area contributed by atoms with E-state index in [1.165, 1.54) is 6.42 Å². The largest absolute Gasteiger partial charge is 0.480 e. The third kappa shape index (κ3) is 0.967. The summed E-state index contributed by atoms with van der Waals surface area (Å²) in [5, 5.41) is 17.0. The van der Waals surface area contributed by atoms with E-state index in [1.807, 2.05) is 0 Å². The van der Waals surface area contributed by atoms with Gasteiger partial charge in [-0.05, 0) is 30.6 Å². The summed E-state index contributed by atoms with van der Waals surface area (Å²) in [4.78, 5) is 10.9. The lowest BCUT2D eigenvalue weighted by molar-refractivity contribution is -0.139. The second kappa shape index (κ2) is 2.35. The molecular formula is C10H14N2O2. The van der Waals surface area contributed by atoms with Gasteiger partial charge >= 0.3 is 5.97 Å². The standard InChI is InChI=1S/C10H14N2O2/c1-10-3-5(10)2-6-7(4-10)11-12-8(6)9(13)14/h5-8H,2-4H2,1H3,(H,13,14)/t5-,6?,7?,8?,10-/m0/s1. The van der Waals surface area contributed by atoms with Crippen LogP contribution in [0, 0.1) is 17.3 Å². The van der Waals surface area contributed by atoms with Crippen LogP contribution in [0.15, 0.2) is 10.2 Å². The molecule has 0 saturated heterocycles. The van der Waals surface area contributed by atoms with Gasteiger partial charge in [-0.25, -0.2) is 4.79 Å². The molecule has 76 valence electrons. The summed E-state index contributed by atoms with van der Waals surface area (Å²) in [6, 6.07) is -0.356. The van der Waals surface area contributed by atoms with Gasteiger partial charge in [0, 0.05) is 5.92 Å². The Labute approximate surface area is 82.4 Å². The number of fused-ring (bicyclic) bond motifs is 2. The van der Waals surface area contributed by atoms with Gasteiger partial charge in [0.25, 0.3) is 0 Å². The number of carboxylic acids is 1. The lowest BCUT2D eigenvalue weighted by Crippen LogP contribution is -2.35. The molecule has 2 fully saturated rings. The van der Waals surface area contributed by atoms with E-state index < -0.39 is 12.0 Å². The van der Waals surface area contributed by atoms with Crippen molar-refractivity contribution in [2.45, 2.75) is 38.3 Å². The van der Waals surface area contributed by atoms with Crippen molar-refractivity contribution in [2.24, 2.45) is 27.5 Å². The minimum atomic E-state index is -0.800. The highest BCUT2D eigenvalue weighted by atomic mass is 16.4. The monoisotopic (exact) mass is 194 g/mol. The maximum absolute atomic E-state index is 10.9. The number of rotatable bonds is 1. The van der Waals surface area contributed by atoms with Gasteiger partial charge in [0.15, 0.2) is 6.04 Å². The maximum Gasteiger partial charge on any atom is 0.330 e. The van der Waals surface area contributed by atoms with E-state index in [2.05, 4.69) is 17.2 Å². The molecule has 3 rings (SSSR count). The first-order chi connectivity index (χ1) is 6.60. The van der Waals surface area contributed by atoms with Crippen molar-refractivity contribution >= 4 is 5.97 Å². The number of hydrogen-bond donors (Lipinski definition) is 1. The average Bonchev–Trinajstić information content (AvgIpc) is 2.57. The van der Waals surface area contributed by atoms with Crippen molar-refractivity contribution in [1.29, 1.82) is 0 Å². The Hall–Kier alpha value is -0.930. The lowest BCUT2D eigenvalue weighted by Gasteiger charge is -2.28. The number of nitrogens with zero attached hydrogens (tertiary/aromatic N) is 2. The molecule has 1 N–H and O–H groups in total. The predicted octanol–water partition coefficient (Wildman–Crippen LogP) is 1.71. The molecule has 2 aliphatic carbocycles. The van der Waals surface area contributed by atoms with Gasteiger partial charge in [-0.15, -0.1) is 0 Å². The topological polar surface area (TPSA) is 62.0 Å². The Bertz CT molecular complexity index is 328. The fourth-order valence-electron chi connectivity index (χ4n) is 3.18. The second-order valence-corrected chi connectivity index (χ2v) is 5.24. The van der Waals surface area contributed by atoms with Crippen LogP contribution in [0.3, 0.4) is 0 Å². The molecule has 2 saturated carbocycles. The summed E-state index contributed by atoms with van der Waals surface area (Å²) in [5.74, 6) is 0.132. The zero-order valence-electron chi connectivity index (χ0n) is 8.18. The molecule has 3 unspecified atom stereocenters. The quantitative estimate of drug-likeness (QED) is 0.690. The normalized spacial score (nSPS) is 53.8. The number of azo groups is 1. The summed E-state index contributed by atoms with van der Waals surface area (Å²) in [6.45, 7) is 2.29. The van der Waals surface area contributed by atoms with E-state index in [9.17, 15) is 4.79 Å². The molecule has 3 aliphatic rings. The molecule has 0 bridgehead atoms. The highest BCUT2D eigenvalue weighted by Gasteiger charge is 2.59. The van der Waals surface area contributed by atoms with Crippen LogP contribution in [0.4, 0.5) is 0 Å². The minimum absolute atomic E-state index is 0.188. The first-order valence-corrected chi connectivity index (χ1v) is 5.23. The number of carbonyl (C=O) groups is 1. The highest BCUT2D eigenvalue weighted by Crippen LogP contribution is 2.64. The van der Waals surface area contributed by atoms with Crippen molar-refractivity contribution in [3.05, 3.63) is 0 Å². The van der Waals surface area contributed by atoms with Gasteiger partial charge in [-0.2, -0.15) is 10.2 Å². The Morgan fingerprint density at radius 1 is 1.43 bits per heavy atom. The van der Waals surface area contributed by atoms with Gasteiger partial charge < -0.3 is 5.11 Å². The van der Waals surface area contributed by atoms with Crippen LogP contribution in [0.5, 0.6) is 0 Å². The van der Waals surface area contributed by atoms with Gasteiger partial charge in [-0.1, -0.05) is 6.92 Å². The van der Waals surface area contributed by atoms with Crippen LogP contribution in [0.1, 0.15) is 26.2 Å². The number of carboxylic acid groups (broad SMARTS) is 1. The summed E-state index contributed by atoms with van der Waals surface area (Å²) in [6.07, 6.45) is 3.34.